The molecule has 0 heterocycles. The largest absolute Gasteiger partial charge is 0.459 e. The Balaban J connectivity index is 2.44. The van der Waals surface area contributed by atoms with Crippen molar-refractivity contribution < 1.29 is 19.1 Å². The summed E-state index contributed by atoms with van der Waals surface area (Å²) in [6.07, 6.45) is 13.4. The molecule has 0 bridgehead atoms. The van der Waals surface area contributed by atoms with Crippen molar-refractivity contribution in [2.45, 2.75) is 117 Å². The van der Waals surface area contributed by atoms with E-state index in [1.165, 1.54) is 51.4 Å². The van der Waals surface area contributed by atoms with Crippen LogP contribution in [0, 0.1) is 0 Å². The van der Waals surface area contributed by atoms with E-state index in [1.54, 1.807) is 24.3 Å². The van der Waals surface area contributed by atoms with Gasteiger partial charge in [-0.2, -0.15) is 0 Å². The van der Waals surface area contributed by atoms with Crippen molar-refractivity contribution in [1.29, 1.82) is 0 Å². The summed E-state index contributed by atoms with van der Waals surface area (Å²) in [6.45, 7) is 8.25. The van der Waals surface area contributed by atoms with Gasteiger partial charge in [-0.05, 0) is 57.7 Å². The lowest BCUT2D eigenvalue weighted by atomic mass is 10.1. The normalized spacial score (nSPS) is 12.9. The van der Waals surface area contributed by atoms with E-state index in [0.29, 0.717) is 11.1 Å². The van der Waals surface area contributed by atoms with Crippen LogP contribution < -0.4 is 0 Å². The van der Waals surface area contributed by atoms with Crippen LogP contribution in [0.25, 0.3) is 0 Å². The first-order valence-electron chi connectivity index (χ1n) is 12.0. The van der Waals surface area contributed by atoms with Crippen LogP contribution in [0.2, 0.25) is 0 Å². The van der Waals surface area contributed by atoms with Gasteiger partial charge in [0.25, 0.3) is 0 Å². The topological polar surface area (TPSA) is 52.6 Å². The molecule has 2 atom stereocenters. The second kappa shape index (κ2) is 15.9. The van der Waals surface area contributed by atoms with Gasteiger partial charge in [0.1, 0.15) is 0 Å². The molecule has 0 aromatic heterocycles. The Labute approximate surface area is 183 Å². The molecule has 1 aromatic rings. The van der Waals surface area contributed by atoms with Crippen LogP contribution in [0.3, 0.4) is 0 Å². The highest BCUT2D eigenvalue weighted by molar-refractivity contribution is 5.95. The van der Waals surface area contributed by atoms with Gasteiger partial charge in [0, 0.05) is 0 Å². The van der Waals surface area contributed by atoms with Crippen molar-refractivity contribution in [2.75, 3.05) is 0 Å². The van der Waals surface area contributed by atoms with Crippen LogP contribution in [0.1, 0.15) is 125 Å². The van der Waals surface area contributed by atoms with Gasteiger partial charge in [0.2, 0.25) is 0 Å². The summed E-state index contributed by atoms with van der Waals surface area (Å²) in [4.78, 5) is 24.9. The van der Waals surface area contributed by atoms with E-state index in [0.717, 1.165) is 25.7 Å². The molecule has 0 aliphatic carbocycles. The van der Waals surface area contributed by atoms with Gasteiger partial charge in [0.05, 0.1) is 23.3 Å². The van der Waals surface area contributed by atoms with Crippen LogP contribution >= 0.6 is 0 Å². The second-order valence-corrected chi connectivity index (χ2v) is 8.42. The molecular formula is C26H42O4. The molecule has 1 aromatic carbocycles. The van der Waals surface area contributed by atoms with Gasteiger partial charge < -0.3 is 9.47 Å². The number of ether oxygens (including phenoxy) is 2. The monoisotopic (exact) mass is 418 g/mol. The molecule has 0 spiro atoms. The molecular weight excluding hydrogens is 376 g/mol. The highest BCUT2D eigenvalue weighted by Gasteiger charge is 2.16. The molecule has 0 saturated carbocycles. The van der Waals surface area contributed by atoms with Crippen molar-refractivity contribution in [2.24, 2.45) is 0 Å². The van der Waals surface area contributed by atoms with Crippen LogP contribution in [-0.2, 0) is 9.47 Å². The molecule has 0 radical (unpaired) electrons. The van der Waals surface area contributed by atoms with E-state index in [1.807, 2.05) is 13.8 Å². The average Bonchev–Trinajstić information content (AvgIpc) is 2.73. The third-order valence-electron chi connectivity index (χ3n) is 5.38. The first-order valence-corrected chi connectivity index (χ1v) is 12.0. The molecule has 0 amide bonds. The SMILES string of the molecule is CCCCCCCC(C)OC(=O)c1cccc(C(=O)OC(C)CCCCCCC)c1. The van der Waals surface area contributed by atoms with Gasteiger partial charge in [0.15, 0.2) is 0 Å². The number of rotatable bonds is 16. The summed E-state index contributed by atoms with van der Waals surface area (Å²) in [5.74, 6) is -0.760. The standard InChI is InChI=1S/C26H42O4/c1-5-7-9-11-13-16-21(3)29-25(27)23-18-15-19-24(20-23)26(28)30-22(4)17-14-12-10-8-6-2/h15,18-22H,5-14,16-17H2,1-4H3. The zero-order valence-corrected chi connectivity index (χ0v) is 19.6. The van der Waals surface area contributed by atoms with E-state index in [2.05, 4.69) is 13.8 Å². The summed E-state index contributed by atoms with van der Waals surface area (Å²) in [5.41, 5.74) is 0.795. The summed E-state index contributed by atoms with van der Waals surface area (Å²) in [5, 5.41) is 0. The van der Waals surface area contributed by atoms with Crippen LogP contribution in [-0.4, -0.2) is 24.1 Å². The fraction of sp³-hybridized carbons (Fsp3) is 0.692. The number of carbonyl (C=O) groups is 2. The molecule has 0 aliphatic heterocycles. The average molecular weight is 419 g/mol. The quantitative estimate of drug-likeness (QED) is 0.206. The van der Waals surface area contributed by atoms with Crippen molar-refractivity contribution in [3.05, 3.63) is 35.4 Å². The highest BCUT2D eigenvalue weighted by Crippen LogP contribution is 2.15. The number of benzene rings is 1. The van der Waals surface area contributed by atoms with E-state index in [4.69, 9.17) is 9.47 Å². The van der Waals surface area contributed by atoms with Gasteiger partial charge in [-0.3, -0.25) is 0 Å². The summed E-state index contributed by atoms with van der Waals surface area (Å²) < 4.78 is 11.1. The zero-order chi connectivity index (χ0) is 22.2. The number of unbranched alkanes of at least 4 members (excludes halogenated alkanes) is 8. The molecule has 0 fully saturated rings. The summed E-state index contributed by atoms with van der Waals surface area (Å²) in [6, 6.07) is 6.65. The molecule has 4 heteroatoms. The van der Waals surface area contributed by atoms with Crippen LogP contribution in [0.15, 0.2) is 24.3 Å². The minimum absolute atomic E-state index is 0.123. The maximum atomic E-state index is 12.4. The molecule has 1 rings (SSSR count). The van der Waals surface area contributed by atoms with Gasteiger partial charge in [-0.15, -0.1) is 0 Å². The fourth-order valence-electron chi connectivity index (χ4n) is 3.46. The Bertz CT molecular complexity index is 562. The van der Waals surface area contributed by atoms with E-state index in [9.17, 15) is 9.59 Å². The molecule has 30 heavy (non-hydrogen) atoms. The lowest BCUT2D eigenvalue weighted by Crippen LogP contribution is -2.17. The number of hydrogen-bond acceptors (Lipinski definition) is 4. The molecule has 4 nitrogen and oxygen atoms in total. The molecule has 0 aliphatic rings. The van der Waals surface area contributed by atoms with E-state index in [-0.39, 0.29) is 24.1 Å². The van der Waals surface area contributed by atoms with E-state index < -0.39 is 0 Å². The first kappa shape index (κ1) is 26.2. The number of hydrogen-bond donors (Lipinski definition) is 0. The molecule has 2 unspecified atom stereocenters. The zero-order valence-electron chi connectivity index (χ0n) is 19.6. The minimum atomic E-state index is -0.380. The van der Waals surface area contributed by atoms with Crippen molar-refractivity contribution in [1.82, 2.24) is 0 Å². The van der Waals surface area contributed by atoms with Gasteiger partial charge >= 0.3 is 11.9 Å². The predicted molar refractivity (Wildman–Crippen MR) is 123 cm³/mol. The molecule has 0 saturated heterocycles. The van der Waals surface area contributed by atoms with Gasteiger partial charge in [-0.1, -0.05) is 71.3 Å². The van der Waals surface area contributed by atoms with Crippen LogP contribution in [0.5, 0.6) is 0 Å². The third kappa shape index (κ3) is 11.4. The highest BCUT2D eigenvalue weighted by atomic mass is 16.5. The molecule has 170 valence electrons. The number of esters is 2. The second-order valence-electron chi connectivity index (χ2n) is 8.42. The maximum Gasteiger partial charge on any atom is 0.338 e. The Kier molecular flexibility index (Phi) is 13.9. The third-order valence-corrected chi connectivity index (χ3v) is 5.38. The Morgan fingerprint density at radius 2 is 1.10 bits per heavy atom. The fourth-order valence-corrected chi connectivity index (χ4v) is 3.46. The Hall–Kier alpha value is -1.84. The number of carbonyl (C=O) groups excluding carboxylic acids is 2. The first-order chi connectivity index (χ1) is 14.5. The lowest BCUT2D eigenvalue weighted by molar-refractivity contribution is 0.0318. The Morgan fingerprint density at radius 3 is 1.50 bits per heavy atom. The van der Waals surface area contributed by atoms with E-state index >= 15 is 0 Å². The molecule has 0 N–H and O–H groups in total. The smallest absolute Gasteiger partial charge is 0.338 e. The van der Waals surface area contributed by atoms with Crippen molar-refractivity contribution >= 4 is 11.9 Å². The lowest BCUT2D eigenvalue weighted by Gasteiger charge is -2.15. The predicted octanol–water partition coefficient (Wildman–Crippen LogP) is 7.50. The van der Waals surface area contributed by atoms with Crippen molar-refractivity contribution in [3.63, 3.8) is 0 Å². The maximum absolute atomic E-state index is 12.4. The summed E-state index contributed by atoms with van der Waals surface area (Å²) >= 11 is 0. The van der Waals surface area contributed by atoms with Gasteiger partial charge in [-0.25, -0.2) is 9.59 Å². The van der Waals surface area contributed by atoms with Crippen molar-refractivity contribution in [3.8, 4) is 0 Å². The minimum Gasteiger partial charge on any atom is -0.459 e. The Morgan fingerprint density at radius 1 is 0.700 bits per heavy atom. The van der Waals surface area contributed by atoms with Crippen LogP contribution in [0.4, 0.5) is 0 Å². The summed E-state index contributed by atoms with van der Waals surface area (Å²) in [7, 11) is 0.